The molecule has 3 nitrogen and oxygen atoms in total. The fraction of sp³-hybridized carbons (Fsp3) is 0.333. The van der Waals surface area contributed by atoms with Crippen molar-refractivity contribution in [3.05, 3.63) is 59.7 Å². The van der Waals surface area contributed by atoms with Crippen molar-refractivity contribution in [1.29, 1.82) is 0 Å². The van der Waals surface area contributed by atoms with E-state index >= 15 is 0 Å². The maximum absolute atomic E-state index is 5.32. The summed E-state index contributed by atoms with van der Waals surface area (Å²) in [6.45, 7) is 0. The molecule has 0 saturated carbocycles. The number of hydrogen-bond donors (Lipinski definition) is 1. The average Bonchev–Trinajstić information content (AvgIpc) is 2.56. The molecule has 0 aromatic heterocycles. The van der Waals surface area contributed by atoms with E-state index in [0.29, 0.717) is 6.04 Å². The molecule has 1 atom stereocenters. The first kappa shape index (κ1) is 15.4. The van der Waals surface area contributed by atoms with Gasteiger partial charge in [0, 0.05) is 12.1 Å². The van der Waals surface area contributed by atoms with E-state index < -0.39 is 0 Å². The van der Waals surface area contributed by atoms with E-state index in [4.69, 9.17) is 9.47 Å². The smallest absolute Gasteiger partial charge is 0.122 e. The van der Waals surface area contributed by atoms with E-state index in [9.17, 15) is 0 Å². The summed E-state index contributed by atoms with van der Waals surface area (Å²) in [5.74, 6) is 1.68. The van der Waals surface area contributed by atoms with Crippen LogP contribution in [0.15, 0.2) is 48.5 Å². The molecule has 0 aliphatic heterocycles. The molecule has 0 bridgehead atoms. The monoisotopic (exact) mass is 285 g/mol. The summed E-state index contributed by atoms with van der Waals surface area (Å²) in [5.41, 5.74) is 2.54. The van der Waals surface area contributed by atoms with E-state index in [1.807, 2.05) is 19.2 Å². The minimum Gasteiger partial charge on any atom is -0.497 e. The molecule has 0 fully saturated rings. The van der Waals surface area contributed by atoms with Crippen molar-refractivity contribution in [2.24, 2.45) is 0 Å². The standard InChI is InChI=1S/C18H23NO2/c1-19-18(15-7-5-4-6-8-15)10-9-14-11-16(20-2)13-17(12-14)21-3/h4-8,11-13,18-19H,9-10H2,1-3H3. The number of rotatable bonds is 7. The van der Waals surface area contributed by atoms with E-state index in [0.717, 1.165) is 24.3 Å². The first-order valence-corrected chi connectivity index (χ1v) is 7.21. The van der Waals surface area contributed by atoms with Crippen LogP contribution in [0, 0.1) is 0 Å². The quantitative estimate of drug-likeness (QED) is 0.843. The van der Waals surface area contributed by atoms with E-state index in [-0.39, 0.29) is 0 Å². The molecular formula is C18H23NO2. The normalized spacial score (nSPS) is 12.0. The molecule has 1 unspecified atom stereocenters. The van der Waals surface area contributed by atoms with Crippen molar-refractivity contribution in [2.75, 3.05) is 21.3 Å². The van der Waals surface area contributed by atoms with Crippen molar-refractivity contribution in [1.82, 2.24) is 5.32 Å². The van der Waals surface area contributed by atoms with Gasteiger partial charge in [-0.1, -0.05) is 30.3 Å². The Morgan fingerprint density at radius 2 is 1.57 bits per heavy atom. The zero-order valence-corrected chi connectivity index (χ0v) is 12.9. The van der Waals surface area contributed by atoms with Crippen molar-refractivity contribution in [2.45, 2.75) is 18.9 Å². The maximum atomic E-state index is 5.32. The Morgan fingerprint density at radius 3 is 2.10 bits per heavy atom. The molecule has 0 saturated heterocycles. The maximum Gasteiger partial charge on any atom is 0.122 e. The number of ether oxygens (including phenoxy) is 2. The Labute approximate surface area is 126 Å². The largest absolute Gasteiger partial charge is 0.497 e. The van der Waals surface area contributed by atoms with Crippen molar-refractivity contribution < 1.29 is 9.47 Å². The Hall–Kier alpha value is -2.00. The highest BCUT2D eigenvalue weighted by molar-refractivity contribution is 5.38. The molecule has 1 N–H and O–H groups in total. The van der Waals surface area contributed by atoms with Gasteiger partial charge in [0.1, 0.15) is 11.5 Å². The average molecular weight is 285 g/mol. The predicted octanol–water partition coefficient (Wildman–Crippen LogP) is 3.60. The number of hydrogen-bond acceptors (Lipinski definition) is 3. The summed E-state index contributed by atoms with van der Waals surface area (Å²) in [6, 6.07) is 16.9. The Bertz CT molecular complexity index is 532. The fourth-order valence-electron chi connectivity index (χ4n) is 2.48. The van der Waals surface area contributed by atoms with Crippen LogP contribution in [-0.4, -0.2) is 21.3 Å². The molecule has 0 spiro atoms. The molecule has 0 radical (unpaired) electrons. The second-order valence-corrected chi connectivity index (χ2v) is 5.01. The third kappa shape index (κ3) is 4.23. The summed E-state index contributed by atoms with van der Waals surface area (Å²) in [7, 11) is 5.36. The predicted molar refractivity (Wildman–Crippen MR) is 86.1 cm³/mol. The molecule has 2 aromatic carbocycles. The first-order chi connectivity index (χ1) is 10.3. The molecule has 3 heteroatoms. The second kappa shape index (κ2) is 7.70. The summed E-state index contributed by atoms with van der Waals surface area (Å²) in [5, 5.41) is 3.38. The summed E-state index contributed by atoms with van der Waals surface area (Å²) in [6.07, 6.45) is 1.99. The number of aryl methyl sites for hydroxylation is 1. The van der Waals surface area contributed by atoms with Crippen LogP contribution in [0.1, 0.15) is 23.6 Å². The number of methoxy groups -OCH3 is 2. The van der Waals surface area contributed by atoms with Gasteiger partial charge in [0.2, 0.25) is 0 Å². The Kier molecular flexibility index (Phi) is 5.64. The van der Waals surface area contributed by atoms with Gasteiger partial charge in [-0.05, 0) is 43.1 Å². The van der Waals surface area contributed by atoms with Crippen LogP contribution in [0.2, 0.25) is 0 Å². The van der Waals surface area contributed by atoms with Crippen molar-refractivity contribution >= 4 is 0 Å². The van der Waals surface area contributed by atoms with Gasteiger partial charge in [-0.2, -0.15) is 0 Å². The van der Waals surface area contributed by atoms with Crippen LogP contribution < -0.4 is 14.8 Å². The summed E-state index contributed by atoms with van der Waals surface area (Å²) in [4.78, 5) is 0. The highest BCUT2D eigenvalue weighted by atomic mass is 16.5. The third-order valence-corrected chi connectivity index (χ3v) is 3.68. The van der Waals surface area contributed by atoms with Gasteiger partial charge in [0.15, 0.2) is 0 Å². The van der Waals surface area contributed by atoms with Gasteiger partial charge >= 0.3 is 0 Å². The van der Waals surface area contributed by atoms with Crippen LogP contribution in [0.25, 0.3) is 0 Å². The number of benzene rings is 2. The fourth-order valence-corrected chi connectivity index (χ4v) is 2.48. The van der Waals surface area contributed by atoms with Gasteiger partial charge in [-0.25, -0.2) is 0 Å². The lowest BCUT2D eigenvalue weighted by Crippen LogP contribution is -2.17. The van der Waals surface area contributed by atoms with Crippen LogP contribution >= 0.6 is 0 Å². The first-order valence-electron chi connectivity index (χ1n) is 7.21. The van der Waals surface area contributed by atoms with Gasteiger partial charge in [0.05, 0.1) is 14.2 Å². The molecular weight excluding hydrogens is 262 g/mol. The lowest BCUT2D eigenvalue weighted by atomic mass is 9.99. The van der Waals surface area contributed by atoms with E-state index in [1.54, 1.807) is 14.2 Å². The zero-order valence-electron chi connectivity index (χ0n) is 12.9. The van der Waals surface area contributed by atoms with Crippen LogP contribution in [0.4, 0.5) is 0 Å². The SMILES string of the molecule is CNC(CCc1cc(OC)cc(OC)c1)c1ccccc1. The molecule has 0 aliphatic carbocycles. The van der Waals surface area contributed by atoms with E-state index in [2.05, 4.69) is 41.7 Å². The molecule has 2 aromatic rings. The minimum absolute atomic E-state index is 0.350. The summed E-state index contributed by atoms with van der Waals surface area (Å²) < 4.78 is 10.6. The molecule has 2 rings (SSSR count). The van der Waals surface area contributed by atoms with Gasteiger partial charge in [-0.15, -0.1) is 0 Å². The zero-order chi connectivity index (χ0) is 15.1. The second-order valence-electron chi connectivity index (χ2n) is 5.01. The van der Waals surface area contributed by atoms with Gasteiger partial charge in [-0.3, -0.25) is 0 Å². The topological polar surface area (TPSA) is 30.5 Å². The molecule has 112 valence electrons. The molecule has 0 aliphatic rings. The highest BCUT2D eigenvalue weighted by Crippen LogP contribution is 2.25. The Balaban J connectivity index is 2.07. The van der Waals surface area contributed by atoms with Crippen molar-refractivity contribution in [3.63, 3.8) is 0 Å². The van der Waals surface area contributed by atoms with Crippen LogP contribution in [-0.2, 0) is 6.42 Å². The third-order valence-electron chi connectivity index (χ3n) is 3.68. The molecule has 21 heavy (non-hydrogen) atoms. The summed E-state index contributed by atoms with van der Waals surface area (Å²) >= 11 is 0. The van der Waals surface area contributed by atoms with Gasteiger partial charge < -0.3 is 14.8 Å². The van der Waals surface area contributed by atoms with Crippen LogP contribution in [0.3, 0.4) is 0 Å². The van der Waals surface area contributed by atoms with Crippen molar-refractivity contribution in [3.8, 4) is 11.5 Å². The highest BCUT2D eigenvalue weighted by Gasteiger charge is 2.10. The Morgan fingerprint density at radius 1 is 0.952 bits per heavy atom. The van der Waals surface area contributed by atoms with Crippen LogP contribution in [0.5, 0.6) is 11.5 Å². The molecule has 0 heterocycles. The van der Waals surface area contributed by atoms with Gasteiger partial charge in [0.25, 0.3) is 0 Å². The lowest BCUT2D eigenvalue weighted by molar-refractivity contribution is 0.393. The lowest BCUT2D eigenvalue weighted by Gasteiger charge is -2.17. The molecule has 0 amide bonds. The number of nitrogens with one attached hydrogen (secondary N) is 1. The minimum atomic E-state index is 0.350. The van der Waals surface area contributed by atoms with E-state index in [1.165, 1.54) is 11.1 Å².